The van der Waals surface area contributed by atoms with Crippen LogP contribution >= 0.6 is 11.6 Å². The second-order valence-corrected chi connectivity index (χ2v) is 4.48. The van der Waals surface area contributed by atoms with Crippen molar-refractivity contribution in [2.75, 3.05) is 13.1 Å². The number of benzene rings is 1. The molecule has 1 aromatic rings. The van der Waals surface area contributed by atoms with Crippen LogP contribution in [-0.4, -0.2) is 13.1 Å². The van der Waals surface area contributed by atoms with E-state index in [1.54, 1.807) is 0 Å². The minimum absolute atomic E-state index is 0.862. The number of piperidine rings is 1. The van der Waals surface area contributed by atoms with E-state index in [-0.39, 0.29) is 0 Å². The molecule has 2 rings (SSSR count). The van der Waals surface area contributed by atoms with Gasteiger partial charge in [-0.05, 0) is 50.0 Å². The minimum atomic E-state index is 0.862. The summed E-state index contributed by atoms with van der Waals surface area (Å²) in [5, 5.41) is 4.21. The van der Waals surface area contributed by atoms with Crippen molar-refractivity contribution in [1.29, 1.82) is 0 Å². The van der Waals surface area contributed by atoms with E-state index in [4.69, 9.17) is 11.6 Å². The molecule has 1 N–H and O–H groups in total. The molecule has 1 heterocycles. The van der Waals surface area contributed by atoms with Crippen molar-refractivity contribution in [1.82, 2.24) is 5.32 Å². The fraction of sp³-hybridized carbons (Fsp3) is 0.385. The van der Waals surface area contributed by atoms with Gasteiger partial charge in [-0.25, -0.2) is 0 Å². The number of halogens is 1. The number of aryl methyl sites for hydroxylation is 1. The van der Waals surface area contributed by atoms with Crippen molar-refractivity contribution in [3.63, 3.8) is 0 Å². The van der Waals surface area contributed by atoms with Crippen LogP contribution in [0, 0.1) is 6.92 Å². The monoisotopic (exact) mass is 221 g/mol. The lowest BCUT2D eigenvalue weighted by atomic mass is 10.0. The van der Waals surface area contributed by atoms with Gasteiger partial charge in [-0.3, -0.25) is 0 Å². The van der Waals surface area contributed by atoms with E-state index < -0.39 is 0 Å². The molecule has 0 aromatic heterocycles. The van der Waals surface area contributed by atoms with Gasteiger partial charge in [-0.1, -0.05) is 35.4 Å². The first-order valence-electron chi connectivity index (χ1n) is 5.42. The highest BCUT2D eigenvalue weighted by atomic mass is 35.5. The molecule has 0 amide bonds. The van der Waals surface area contributed by atoms with E-state index in [1.165, 1.54) is 11.1 Å². The van der Waals surface area contributed by atoms with Crippen LogP contribution in [0.4, 0.5) is 0 Å². The molecule has 0 aliphatic carbocycles. The fourth-order valence-corrected chi connectivity index (χ4v) is 2.15. The van der Waals surface area contributed by atoms with Gasteiger partial charge in [-0.2, -0.15) is 0 Å². The smallest absolute Gasteiger partial charge is 0.0480 e. The maximum atomic E-state index is 6.19. The zero-order valence-electron chi connectivity index (χ0n) is 9.02. The summed E-state index contributed by atoms with van der Waals surface area (Å²) in [5.41, 5.74) is 3.87. The molecule has 1 aliphatic rings. The number of nitrogens with one attached hydrogen (secondary N) is 1. The van der Waals surface area contributed by atoms with Crippen LogP contribution in [0.1, 0.15) is 24.0 Å². The third-order valence-electron chi connectivity index (χ3n) is 2.76. The van der Waals surface area contributed by atoms with Crippen LogP contribution in [0.2, 0.25) is 5.02 Å². The maximum Gasteiger partial charge on any atom is 0.0480 e. The van der Waals surface area contributed by atoms with Crippen molar-refractivity contribution in [2.45, 2.75) is 19.8 Å². The fourth-order valence-electron chi connectivity index (χ4n) is 1.86. The SMILES string of the molecule is Cc1ccc(C=C2CCNCC2)c(Cl)c1. The lowest BCUT2D eigenvalue weighted by Crippen LogP contribution is -2.22. The Morgan fingerprint density at radius 2 is 2.00 bits per heavy atom. The van der Waals surface area contributed by atoms with Crippen molar-refractivity contribution < 1.29 is 0 Å². The second-order valence-electron chi connectivity index (χ2n) is 4.08. The molecule has 1 aromatic carbocycles. The van der Waals surface area contributed by atoms with Gasteiger partial charge in [0, 0.05) is 5.02 Å². The Morgan fingerprint density at radius 3 is 2.67 bits per heavy atom. The Kier molecular flexibility index (Phi) is 3.45. The lowest BCUT2D eigenvalue weighted by molar-refractivity contribution is 0.613. The van der Waals surface area contributed by atoms with Gasteiger partial charge in [0.15, 0.2) is 0 Å². The Bertz CT molecular complexity index is 374. The predicted octanol–water partition coefficient (Wildman–Crippen LogP) is 3.42. The van der Waals surface area contributed by atoms with Crippen LogP contribution in [0.3, 0.4) is 0 Å². The molecular weight excluding hydrogens is 206 g/mol. The average Bonchev–Trinajstić information content (AvgIpc) is 2.24. The number of hydrogen-bond acceptors (Lipinski definition) is 1. The molecule has 80 valence electrons. The van der Waals surface area contributed by atoms with Gasteiger partial charge < -0.3 is 5.32 Å². The third kappa shape index (κ3) is 2.83. The van der Waals surface area contributed by atoms with Gasteiger partial charge in [0.25, 0.3) is 0 Å². The van der Waals surface area contributed by atoms with Crippen LogP contribution in [-0.2, 0) is 0 Å². The molecule has 1 nitrogen and oxygen atoms in total. The zero-order valence-corrected chi connectivity index (χ0v) is 9.77. The van der Waals surface area contributed by atoms with E-state index in [9.17, 15) is 0 Å². The van der Waals surface area contributed by atoms with Gasteiger partial charge in [0.1, 0.15) is 0 Å². The summed E-state index contributed by atoms with van der Waals surface area (Å²) in [6.45, 7) is 4.25. The first kappa shape index (κ1) is 10.7. The molecule has 1 aliphatic heterocycles. The molecule has 1 saturated heterocycles. The van der Waals surface area contributed by atoms with Crippen molar-refractivity contribution in [3.05, 3.63) is 39.9 Å². The van der Waals surface area contributed by atoms with Crippen molar-refractivity contribution >= 4 is 17.7 Å². The van der Waals surface area contributed by atoms with Crippen LogP contribution < -0.4 is 5.32 Å². The van der Waals surface area contributed by atoms with E-state index in [2.05, 4.69) is 30.4 Å². The summed E-state index contributed by atoms with van der Waals surface area (Å²) in [6.07, 6.45) is 4.52. The molecule has 0 bridgehead atoms. The largest absolute Gasteiger partial charge is 0.316 e. The van der Waals surface area contributed by atoms with Crippen molar-refractivity contribution in [2.24, 2.45) is 0 Å². The first-order valence-corrected chi connectivity index (χ1v) is 5.80. The zero-order chi connectivity index (χ0) is 10.7. The molecule has 0 unspecified atom stereocenters. The highest BCUT2D eigenvalue weighted by Crippen LogP contribution is 2.22. The topological polar surface area (TPSA) is 12.0 Å². The summed E-state index contributed by atoms with van der Waals surface area (Å²) in [5.74, 6) is 0. The Balaban J connectivity index is 2.22. The van der Waals surface area contributed by atoms with E-state index in [1.807, 2.05) is 6.07 Å². The van der Waals surface area contributed by atoms with Crippen molar-refractivity contribution in [3.8, 4) is 0 Å². The Morgan fingerprint density at radius 1 is 1.27 bits per heavy atom. The predicted molar refractivity (Wildman–Crippen MR) is 66.3 cm³/mol. The van der Waals surface area contributed by atoms with E-state index in [0.717, 1.165) is 36.5 Å². The molecular formula is C13H16ClN. The van der Waals surface area contributed by atoms with E-state index >= 15 is 0 Å². The molecule has 2 heteroatoms. The highest BCUT2D eigenvalue weighted by molar-refractivity contribution is 6.32. The lowest BCUT2D eigenvalue weighted by Gasteiger charge is -2.15. The number of hydrogen-bond donors (Lipinski definition) is 1. The number of rotatable bonds is 1. The third-order valence-corrected chi connectivity index (χ3v) is 3.09. The van der Waals surface area contributed by atoms with E-state index in [0.29, 0.717) is 0 Å². The normalized spacial score (nSPS) is 16.5. The standard InChI is InChI=1S/C13H16ClN/c1-10-2-3-12(13(14)8-10)9-11-4-6-15-7-5-11/h2-3,8-9,15H,4-7H2,1H3. The Hall–Kier alpha value is -0.790. The molecule has 0 saturated carbocycles. The summed E-state index contributed by atoms with van der Waals surface area (Å²) in [6, 6.07) is 6.24. The molecule has 0 atom stereocenters. The van der Waals surface area contributed by atoms with Crippen LogP contribution in [0.5, 0.6) is 0 Å². The molecule has 0 radical (unpaired) electrons. The summed E-state index contributed by atoms with van der Waals surface area (Å²) in [7, 11) is 0. The average molecular weight is 222 g/mol. The quantitative estimate of drug-likeness (QED) is 0.767. The van der Waals surface area contributed by atoms with Crippen LogP contribution in [0.15, 0.2) is 23.8 Å². The van der Waals surface area contributed by atoms with Gasteiger partial charge in [0.2, 0.25) is 0 Å². The van der Waals surface area contributed by atoms with Gasteiger partial charge in [-0.15, -0.1) is 0 Å². The first-order chi connectivity index (χ1) is 7.25. The highest BCUT2D eigenvalue weighted by Gasteiger charge is 2.05. The minimum Gasteiger partial charge on any atom is -0.316 e. The summed E-state index contributed by atoms with van der Waals surface area (Å²) < 4.78 is 0. The summed E-state index contributed by atoms with van der Waals surface area (Å²) in [4.78, 5) is 0. The molecule has 1 fully saturated rings. The summed E-state index contributed by atoms with van der Waals surface area (Å²) >= 11 is 6.19. The molecule has 0 spiro atoms. The van der Waals surface area contributed by atoms with Crippen LogP contribution in [0.25, 0.3) is 6.08 Å². The van der Waals surface area contributed by atoms with Gasteiger partial charge >= 0.3 is 0 Å². The second kappa shape index (κ2) is 4.82. The van der Waals surface area contributed by atoms with Gasteiger partial charge in [0.05, 0.1) is 0 Å². The molecule has 15 heavy (non-hydrogen) atoms. The Labute approximate surface area is 96.1 Å². The maximum absolute atomic E-state index is 6.19.